The molecule has 0 saturated heterocycles. The Morgan fingerprint density at radius 2 is 2.21 bits per heavy atom. The second kappa shape index (κ2) is 7.09. The van der Waals surface area contributed by atoms with E-state index in [0.717, 1.165) is 16.9 Å². The fraction of sp³-hybridized carbons (Fsp3) is 0.571. The van der Waals surface area contributed by atoms with E-state index < -0.39 is 0 Å². The normalized spacial score (nSPS) is 10.6. The number of likely N-dealkylation sites (N-methyl/N-ethyl adjacent to an activating group) is 1. The summed E-state index contributed by atoms with van der Waals surface area (Å²) in [6.45, 7) is 7.60. The van der Waals surface area contributed by atoms with Gasteiger partial charge in [-0.3, -0.25) is 4.79 Å². The summed E-state index contributed by atoms with van der Waals surface area (Å²) in [6, 6.07) is 2.00. The molecule has 0 spiro atoms. The van der Waals surface area contributed by atoms with Crippen LogP contribution in [0.3, 0.4) is 0 Å². The Bertz CT molecular complexity index is 431. The maximum Gasteiger partial charge on any atom is 0.239 e. The standard InChI is InChI=1S/C14H24N4O/c1-10(2)7-16-13(19)9-18(4)14-11(3)5-12(6-15)8-17-14/h5,8,10H,6-7,9,15H2,1-4H3,(H,16,19). The second-order valence-electron chi connectivity index (χ2n) is 5.24. The number of carbonyl (C=O) groups is 1. The lowest BCUT2D eigenvalue weighted by atomic mass is 10.2. The SMILES string of the molecule is Cc1cc(CN)cnc1N(C)CC(=O)NCC(C)C. The highest BCUT2D eigenvalue weighted by atomic mass is 16.2. The second-order valence-corrected chi connectivity index (χ2v) is 5.24. The third kappa shape index (κ3) is 4.87. The third-order valence-electron chi connectivity index (χ3n) is 2.79. The van der Waals surface area contributed by atoms with Crippen molar-refractivity contribution >= 4 is 11.7 Å². The summed E-state index contributed by atoms with van der Waals surface area (Å²) >= 11 is 0. The van der Waals surface area contributed by atoms with E-state index in [9.17, 15) is 4.79 Å². The van der Waals surface area contributed by atoms with Gasteiger partial charge in [0, 0.05) is 26.3 Å². The van der Waals surface area contributed by atoms with E-state index in [1.54, 1.807) is 6.20 Å². The van der Waals surface area contributed by atoms with Crippen LogP contribution >= 0.6 is 0 Å². The van der Waals surface area contributed by atoms with Gasteiger partial charge in [-0.1, -0.05) is 13.8 Å². The van der Waals surface area contributed by atoms with Gasteiger partial charge in [-0.2, -0.15) is 0 Å². The van der Waals surface area contributed by atoms with Gasteiger partial charge < -0.3 is 16.0 Å². The van der Waals surface area contributed by atoms with Gasteiger partial charge >= 0.3 is 0 Å². The first-order valence-electron chi connectivity index (χ1n) is 6.57. The first-order valence-corrected chi connectivity index (χ1v) is 6.57. The van der Waals surface area contributed by atoms with Gasteiger partial charge in [-0.05, 0) is 30.0 Å². The molecule has 0 aliphatic heterocycles. The molecule has 5 heteroatoms. The molecule has 0 saturated carbocycles. The number of carbonyl (C=O) groups excluding carboxylic acids is 1. The predicted octanol–water partition coefficient (Wildman–Crippen LogP) is 1.06. The van der Waals surface area contributed by atoms with Crippen molar-refractivity contribution < 1.29 is 4.79 Å². The van der Waals surface area contributed by atoms with E-state index in [0.29, 0.717) is 25.6 Å². The van der Waals surface area contributed by atoms with E-state index in [2.05, 4.69) is 24.1 Å². The Morgan fingerprint density at radius 3 is 2.74 bits per heavy atom. The van der Waals surface area contributed by atoms with Crippen molar-refractivity contribution in [3.05, 3.63) is 23.4 Å². The molecule has 1 rings (SSSR count). The maximum absolute atomic E-state index is 11.8. The summed E-state index contributed by atoms with van der Waals surface area (Å²) in [5, 5.41) is 2.90. The summed E-state index contributed by atoms with van der Waals surface area (Å²) in [5.41, 5.74) is 7.60. The van der Waals surface area contributed by atoms with Gasteiger partial charge in [0.1, 0.15) is 5.82 Å². The molecule has 0 radical (unpaired) electrons. The molecule has 19 heavy (non-hydrogen) atoms. The first-order chi connectivity index (χ1) is 8.93. The minimum absolute atomic E-state index is 0.0142. The molecule has 3 N–H and O–H groups in total. The summed E-state index contributed by atoms with van der Waals surface area (Å²) in [6.07, 6.45) is 1.75. The minimum Gasteiger partial charge on any atom is -0.354 e. The van der Waals surface area contributed by atoms with Crippen LogP contribution in [0.1, 0.15) is 25.0 Å². The van der Waals surface area contributed by atoms with Crippen LogP contribution in [-0.4, -0.2) is 31.0 Å². The molecule has 0 bridgehead atoms. The van der Waals surface area contributed by atoms with Crippen molar-refractivity contribution in [2.24, 2.45) is 11.7 Å². The lowest BCUT2D eigenvalue weighted by Gasteiger charge is -2.20. The molecule has 0 fully saturated rings. The molecule has 0 atom stereocenters. The average Bonchev–Trinajstić information content (AvgIpc) is 2.35. The molecule has 1 aromatic rings. The molecular formula is C14H24N4O. The van der Waals surface area contributed by atoms with Crippen molar-refractivity contribution in [2.75, 3.05) is 25.0 Å². The van der Waals surface area contributed by atoms with E-state index >= 15 is 0 Å². The number of aryl methyl sites for hydroxylation is 1. The lowest BCUT2D eigenvalue weighted by molar-refractivity contribution is -0.119. The number of nitrogens with zero attached hydrogens (tertiary/aromatic N) is 2. The zero-order valence-electron chi connectivity index (χ0n) is 12.2. The molecule has 0 aromatic carbocycles. The molecule has 106 valence electrons. The summed E-state index contributed by atoms with van der Waals surface area (Å²) in [5.74, 6) is 1.29. The lowest BCUT2D eigenvalue weighted by Crippen LogP contribution is -2.37. The summed E-state index contributed by atoms with van der Waals surface area (Å²) in [4.78, 5) is 18.0. The van der Waals surface area contributed by atoms with Crippen LogP contribution in [0.15, 0.2) is 12.3 Å². The zero-order valence-corrected chi connectivity index (χ0v) is 12.2. The first kappa shape index (κ1) is 15.4. The van der Waals surface area contributed by atoms with Gasteiger partial charge in [-0.25, -0.2) is 4.98 Å². The molecule has 1 heterocycles. The molecule has 5 nitrogen and oxygen atoms in total. The molecule has 0 unspecified atom stereocenters. The fourth-order valence-electron chi connectivity index (χ4n) is 1.80. The number of pyridine rings is 1. The van der Waals surface area contributed by atoms with Gasteiger partial charge in [0.2, 0.25) is 5.91 Å². The Hall–Kier alpha value is -1.62. The number of anilines is 1. The summed E-state index contributed by atoms with van der Waals surface area (Å²) < 4.78 is 0. The van der Waals surface area contributed by atoms with Crippen LogP contribution in [0.5, 0.6) is 0 Å². The van der Waals surface area contributed by atoms with Crippen LogP contribution in [0, 0.1) is 12.8 Å². The summed E-state index contributed by atoms with van der Waals surface area (Å²) in [7, 11) is 1.87. The highest BCUT2D eigenvalue weighted by Gasteiger charge is 2.11. The van der Waals surface area contributed by atoms with E-state index in [4.69, 9.17) is 5.73 Å². The number of amides is 1. The van der Waals surface area contributed by atoms with Crippen molar-refractivity contribution in [1.82, 2.24) is 10.3 Å². The Balaban J connectivity index is 2.62. The number of nitrogens with two attached hydrogens (primary N) is 1. The largest absolute Gasteiger partial charge is 0.354 e. The van der Waals surface area contributed by atoms with Crippen molar-refractivity contribution in [3.63, 3.8) is 0 Å². The predicted molar refractivity (Wildman–Crippen MR) is 78.0 cm³/mol. The van der Waals surface area contributed by atoms with Crippen molar-refractivity contribution in [2.45, 2.75) is 27.3 Å². The van der Waals surface area contributed by atoms with Crippen molar-refractivity contribution in [1.29, 1.82) is 0 Å². The number of hydrogen-bond donors (Lipinski definition) is 2. The van der Waals surface area contributed by atoms with Gasteiger partial charge in [0.05, 0.1) is 6.54 Å². The highest BCUT2D eigenvalue weighted by Crippen LogP contribution is 2.16. The van der Waals surface area contributed by atoms with Crippen LogP contribution in [0.2, 0.25) is 0 Å². The topological polar surface area (TPSA) is 71.2 Å². The number of nitrogens with one attached hydrogen (secondary N) is 1. The van der Waals surface area contributed by atoms with Crippen LogP contribution in [0.25, 0.3) is 0 Å². The maximum atomic E-state index is 11.8. The smallest absolute Gasteiger partial charge is 0.239 e. The monoisotopic (exact) mass is 264 g/mol. The fourth-order valence-corrected chi connectivity index (χ4v) is 1.80. The Kier molecular flexibility index (Phi) is 5.76. The van der Waals surface area contributed by atoms with Crippen LogP contribution < -0.4 is 16.0 Å². The van der Waals surface area contributed by atoms with Crippen molar-refractivity contribution in [3.8, 4) is 0 Å². The number of aromatic nitrogens is 1. The molecule has 1 aromatic heterocycles. The van der Waals surface area contributed by atoms with Gasteiger partial charge in [0.25, 0.3) is 0 Å². The zero-order chi connectivity index (χ0) is 14.4. The van der Waals surface area contributed by atoms with Crippen LogP contribution in [-0.2, 0) is 11.3 Å². The van der Waals surface area contributed by atoms with Crippen LogP contribution in [0.4, 0.5) is 5.82 Å². The Labute approximate surface area is 115 Å². The molecular weight excluding hydrogens is 240 g/mol. The molecule has 0 aliphatic carbocycles. The Morgan fingerprint density at radius 1 is 1.53 bits per heavy atom. The third-order valence-corrected chi connectivity index (χ3v) is 2.79. The van der Waals surface area contributed by atoms with Gasteiger partial charge in [0.15, 0.2) is 0 Å². The number of rotatable bonds is 6. The van der Waals surface area contributed by atoms with E-state index in [-0.39, 0.29) is 5.91 Å². The van der Waals surface area contributed by atoms with Gasteiger partial charge in [-0.15, -0.1) is 0 Å². The highest BCUT2D eigenvalue weighted by molar-refractivity contribution is 5.81. The quantitative estimate of drug-likeness (QED) is 0.806. The number of hydrogen-bond acceptors (Lipinski definition) is 4. The van der Waals surface area contributed by atoms with E-state index in [1.165, 1.54) is 0 Å². The molecule has 1 amide bonds. The van der Waals surface area contributed by atoms with E-state index in [1.807, 2.05) is 24.9 Å². The average molecular weight is 264 g/mol. The molecule has 0 aliphatic rings. The minimum atomic E-state index is 0.0142.